The first-order chi connectivity index (χ1) is 15.7. The zero-order chi connectivity index (χ0) is 21.9. The van der Waals surface area contributed by atoms with Crippen molar-refractivity contribution in [1.29, 1.82) is 0 Å². The van der Waals surface area contributed by atoms with Crippen LogP contribution in [0.2, 0.25) is 0 Å². The van der Waals surface area contributed by atoms with E-state index in [0.717, 1.165) is 74.6 Å². The predicted molar refractivity (Wildman–Crippen MR) is 130 cm³/mol. The van der Waals surface area contributed by atoms with Gasteiger partial charge in [0.1, 0.15) is 0 Å². The normalized spacial score (nSPS) is 19.9. The molecule has 0 unspecified atom stereocenters. The third-order valence-electron chi connectivity index (χ3n) is 7.10. The Kier molecular flexibility index (Phi) is 6.64. The Balaban J connectivity index is 1.21. The van der Waals surface area contributed by atoms with Crippen LogP contribution in [0.5, 0.6) is 0 Å². The number of carbonyl (C=O) groups excluding carboxylic acids is 1. The Hall–Kier alpha value is -2.12. The van der Waals surface area contributed by atoms with Gasteiger partial charge >= 0.3 is 0 Å². The van der Waals surface area contributed by atoms with E-state index in [0.29, 0.717) is 6.54 Å². The summed E-state index contributed by atoms with van der Waals surface area (Å²) in [5.41, 5.74) is 3.07. The van der Waals surface area contributed by atoms with Crippen LogP contribution in [-0.4, -0.2) is 76.7 Å². The molecule has 2 fully saturated rings. The molecule has 7 heteroatoms. The molecular weight excluding hydrogens is 418 g/mol. The highest BCUT2D eigenvalue weighted by atomic mass is 32.2. The molecule has 32 heavy (non-hydrogen) atoms. The topological polar surface area (TPSA) is 52.6 Å². The molecule has 1 saturated carbocycles. The zero-order valence-electron chi connectivity index (χ0n) is 19.0. The molecule has 2 aliphatic heterocycles. The van der Waals surface area contributed by atoms with Crippen LogP contribution in [0.4, 0.5) is 5.95 Å². The molecule has 0 bridgehead atoms. The fourth-order valence-corrected chi connectivity index (χ4v) is 5.56. The Bertz CT molecular complexity index is 938. The number of anilines is 1. The molecule has 0 spiro atoms. The number of fused-ring (bicyclic) bond motifs is 1. The van der Waals surface area contributed by atoms with Crippen molar-refractivity contribution in [1.82, 2.24) is 19.8 Å². The van der Waals surface area contributed by atoms with Crippen LogP contribution in [0, 0.1) is 0 Å². The van der Waals surface area contributed by atoms with E-state index in [1.54, 1.807) is 11.8 Å². The van der Waals surface area contributed by atoms with E-state index >= 15 is 0 Å². The maximum absolute atomic E-state index is 13.1. The number of carbonyl (C=O) groups is 1. The van der Waals surface area contributed by atoms with Gasteiger partial charge in [0.15, 0.2) is 0 Å². The fourth-order valence-electron chi connectivity index (χ4n) is 4.90. The van der Waals surface area contributed by atoms with Crippen LogP contribution in [0.15, 0.2) is 35.4 Å². The Morgan fingerprint density at radius 3 is 2.47 bits per heavy atom. The van der Waals surface area contributed by atoms with Crippen molar-refractivity contribution in [2.45, 2.75) is 50.0 Å². The van der Waals surface area contributed by atoms with E-state index < -0.39 is 0 Å². The third kappa shape index (κ3) is 4.64. The van der Waals surface area contributed by atoms with Crippen molar-refractivity contribution >= 4 is 23.6 Å². The van der Waals surface area contributed by atoms with Crippen LogP contribution in [0.3, 0.4) is 0 Å². The number of rotatable bonds is 5. The number of nitrogens with zero attached hydrogens (tertiary/aromatic N) is 5. The Labute approximate surface area is 195 Å². The minimum atomic E-state index is 0.117. The van der Waals surface area contributed by atoms with Crippen LogP contribution >= 0.6 is 11.8 Å². The molecule has 0 N–H and O–H groups in total. The maximum Gasteiger partial charge on any atom is 0.253 e. The van der Waals surface area contributed by atoms with Gasteiger partial charge < -0.3 is 9.80 Å². The van der Waals surface area contributed by atoms with Crippen LogP contribution in [-0.2, 0) is 12.8 Å². The minimum absolute atomic E-state index is 0.117. The second kappa shape index (κ2) is 9.79. The lowest BCUT2D eigenvalue weighted by atomic mass is 9.91. The molecule has 1 aromatic heterocycles. The lowest BCUT2D eigenvalue weighted by molar-refractivity contribution is 0.0763. The number of piperazine rings is 1. The van der Waals surface area contributed by atoms with E-state index in [1.807, 2.05) is 23.2 Å². The molecule has 1 aromatic carbocycles. The van der Waals surface area contributed by atoms with E-state index in [9.17, 15) is 4.79 Å². The summed E-state index contributed by atoms with van der Waals surface area (Å²) in [6.07, 6.45) is 7.74. The number of hydrogen-bond acceptors (Lipinski definition) is 6. The van der Waals surface area contributed by atoms with Crippen LogP contribution in [0.1, 0.15) is 47.8 Å². The van der Waals surface area contributed by atoms with Gasteiger partial charge in [-0.15, -0.1) is 11.8 Å². The van der Waals surface area contributed by atoms with Crippen LogP contribution < -0.4 is 4.90 Å². The number of hydrogen-bond donors (Lipinski definition) is 0. The smallest absolute Gasteiger partial charge is 0.253 e. The Morgan fingerprint density at radius 2 is 1.78 bits per heavy atom. The quantitative estimate of drug-likeness (QED) is 0.649. The SMILES string of the molecule is CCSc1ccc(C(=O)N2CCc3cnc(N4CCN(C5CCC5)CC4)nc3CC2)cc1. The van der Waals surface area contributed by atoms with Gasteiger partial charge in [0.25, 0.3) is 5.91 Å². The molecule has 1 saturated heterocycles. The van der Waals surface area contributed by atoms with E-state index in [1.165, 1.54) is 29.7 Å². The van der Waals surface area contributed by atoms with E-state index in [-0.39, 0.29) is 5.91 Å². The van der Waals surface area contributed by atoms with Gasteiger partial charge in [-0.3, -0.25) is 9.69 Å². The number of aromatic nitrogens is 2. The molecule has 3 heterocycles. The molecule has 6 nitrogen and oxygen atoms in total. The van der Waals surface area contributed by atoms with Crippen molar-refractivity contribution in [3.05, 3.63) is 47.3 Å². The number of amides is 1. The third-order valence-corrected chi connectivity index (χ3v) is 7.99. The average Bonchev–Trinajstić information content (AvgIpc) is 3.01. The highest BCUT2D eigenvalue weighted by molar-refractivity contribution is 7.99. The van der Waals surface area contributed by atoms with Gasteiger partial charge in [0.2, 0.25) is 5.95 Å². The summed E-state index contributed by atoms with van der Waals surface area (Å²) in [4.78, 5) is 30.9. The van der Waals surface area contributed by atoms with Crippen molar-refractivity contribution < 1.29 is 4.79 Å². The second-order valence-electron chi connectivity index (χ2n) is 9.00. The first kappa shape index (κ1) is 21.7. The molecular formula is C25H33N5OS. The average molecular weight is 452 g/mol. The van der Waals surface area contributed by atoms with E-state index in [4.69, 9.17) is 9.97 Å². The summed E-state index contributed by atoms with van der Waals surface area (Å²) in [6.45, 7) is 7.82. The highest BCUT2D eigenvalue weighted by Crippen LogP contribution is 2.26. The Morgan fingerprint density at radius 1 is 1.03 bits per heavy atom. The summed E-state index contributed by atoms with van der Waals surface area (Å²) in [5, 5.41) is 0. The van der Waals surface area contributed by atoms with Crippen molar-refractivity contribution in [2.24, 2.45) is 0 Å². The standard InChI is InChI=1S/C25H33N5OS/c1-2-32-22-8-6-19(7-9-22)24(31)29-12-10-20-18-26-25(27-23(20)11-13-29)30-16-14-28(15-17-30)21-4-3-5-21/h6-9,18,21H,2-5,10-17H2,1H3. The molecule has 2 aromatic rings. The molecule has 0 atom stereocenters. The largest absolute Gasteiger partial charge is 0.338 e. The summed E-state index contributed by atoms with van der Waals surface area (Å²) in [7, 11) is 0. The maximum atomic E-state index is 13.1. The number of thioether (sulfide) groups is 1. The molecule has 1 aliphatic carbocycles. The predicted octanol–water partition coefficient (Wildman–Crippen LogP) is 3.50. The second-order valence-corrected chi connectivity index (χ2v) is 10.3. The lowest BCUT2D eigenvalue weighted by Crippen LogP contribution is -2.52. The van der Waals surface area contributed by atoms with Gasteiger partial charge in [-0.2, -0.15) is 0 Å². The van der Waals surface area contributed by atoms with Gasteiger partial charge in [-0.1, -0.05) is 13.3 Å². The molecule has 170 valence electrons. The lowest BCUT2D eigenvalue weighted by Gasteiger charge is -2.43. The van der Waals surface area contributed by atoms with Gasteiger partial charge in [-0.25, -0.2) is 9.97 Å². The minimum Gasteiger partial charge on any atom is -0.338 e. The van der Waals surface area contributed by atoms with Crippen molar-refractivity contribution in [3.8, 4) is 0 Å². The fraction of sp³-hybridized carbons (Fsp3) is 0.560. The summed E-state index contributed by atoms with van der Waals surface area (Å²) in [6, 6.07) is 8.83. The summed E-state index contributed by atoms with van der Waals surface area (Å²) >= 11 is 1.80. The van der Waals surface area contributed by atoms with Crippen molar-refractivity contribution in [2.75, 3.05) is 49.9 Å². The summed E-state index contributed by atoms with van der Waals surface area (Å²) < 4.78 is 0. The molecule has 1 amide bonds. The zero-order valence-corrected chi connectivity index (χ0v) is 19.8. The molecule has 0 radical (unpaired) electrons. The van der Waals surface area contributed by atoms with Gasteiger partial charge in [-0.05, 0) is 54.8 Å². The molecule has 5 rings (SSSR count). The van der Waals surface area contributed by atoms with E-state index in [2.05, 4.69) is 28.9 Å². The highest BCUT2D eigenvalue weighted by Gasteiger charge is 2.29. The monoisotopic (exact) mass is 451 g/mol. The van der Waals surface area contributed by atoms with Crippen molar-refractivity contribution in [3.63, 3.8) is 0 Å². The summed E-state index contributed by atoms with van der Waals surface area (Å²) in [5.74, 6) is 2.02. The number of benzene rings is 1. The van der Waals surface area contributed by atoms with Gasteiger partial charge in [0.05, 0.1) is 5.69 Å². The first-order valence-corrected chi connectivity index (χ1v) is 13.1. The first-order valence-electron chi connectivity index (χ1n) is 12.1. The molecule has 3 aliphatic rings. The van der Waals surface area contributed by atoms with Crippen LogP contribution in [0.25, 0.3) is 0 Å². The van der Waals surface area contributed by atoms with Gasteiger partial charge in [0, 0.05) is 68.4 Å².